The van der Waals surface area contributed by atoms with E-state index in [1.54, 1.807) is 0 Å². The highest BCUT2D eigenvalue weighted by molar-refractivity contribution is 5.82. The average Bonchev–Trinajstić information content (AvgIpc) is 3.14. The summed E-state index contributed by atoms with van der Waals surface area (Å²) in [6, 6.07) is 3.96. The Morgan fingerprint density at radius 2 is 2.08 bits per heavy atom. The summed E-state index contributed by atoms with van der Waals surface area (Å²) in [5.74, 6) is 2.01. The Morgan fingerprint density at radius 3 is 2.68 bits per heavy atom. The molecule has 0 unspecified atom stereocenters. The molecule has 0 aromatic carbocycles. The minimum Gasteiger partial charge on any atom is -0.464 e. The van der Waals surface area contributed by atoms with Gasteiger partial charge in [-0.25, -0.2) is 0 Å². The highest BCUT2D eigenvalue weighted by Crippen LogP contribution is 2.43. The topological polar surface area (TPSA) is 39.9 Å². The lowest BCUT2D eigenvalue weighted by molar-refractivity contribution is -0.135. The third-order valence-electron chi connectivity index (χ3n) is 6.01. The van der Waals surface area contributed by atoms with Gasteiger partial charge in [0.25, 0.3) is 0 Å². The number of nitrogens with zero attached hydrogens (tertiary/aromatic N) is 3. The molecule has 0 saturated carbocycles. The van der Waals surface area contributed by atoms with Crippen molar-refractivity contribution < 1.29 is 9.21 Å². The van der Waals surface area contributed by atoms with E-state index in [1.165, 1.54) is 12.8 Å². The molecule has 25 heavy (non-hydrogen) atoms. The third-order valence-corrected chi connectivity index (χ3v) is 6.01. The molecule has 2 aliphatic heterocycles. The van der Waals surface area contributed by atoms with Gasteiger partial charge in [0.05, 0.1) is 12.6 Å². The minimum atomic E-state index is 0.0319. The number of carbonyl (C=O) groups excluding carboxylic acids is 1. The lowest BCUT2D eigenvalue weighted by atomic mass is 9.76. The number of aryl methyl sites for hydroxylation is 1. The molecule has 3 heterocycles. The summed E-state index contributed by atoms with van der Waals surface area (Å²) >= 11 is 0. The second-order valence-corrected chi connectivity index (χ2v) is 8.20. The molecule has 2 fully saturated rings. The van der Waals surface area contributed by atoms with Crippen LogP contribution in [0, 0.1) is 12.3 Å². The number of likely N-dealkylation sites (tertiary alicyclic amines) is 2. The van der Waals surface area contributed by atoms with Crippen LogP contribution in [0.2, 0.25) is 0 Å². The van der Waals surface area contributed by atoms with E-state index in [0.29, 0.717) is 12.0 Å². The van der Waals surface area contributed by atoms with E-state index in [-0.39, 0.29) is 11.9 Å². The molecule has 1 atom stereocenters. The number of hydrogen-bond acceptors (Lipinski definition) is 4. The Kier molecular flexibility index (Phi) is 5.54. The van der Waals surface area contributed by atoms with Gasteiger partial charge in [-0.15, -0.1) is 0 Å². The molecular formula is C20H33N3O2. The predicted molar refractivity (Wildman–Crippen MR) is 99.4 cm³/mol. The molecule has 0 N–H and O–H groups in total. The standard InChI is InChI=1S/C20H33N3O2/c1-5-10-23-15-20(8-11-21(3)12-9-20)13-18(23)19(24)22(4)14-17-7-6-16(2)25-17/h6-7,18H,5,8-15H2,1-4H3/t18-/m1/s1. The first-order valence-corrected chi connectivity index (χ1v) is 9.65. The van der Waals surface area contributed by atoms with Crippen LogP contribution in [-0.2, 0) is 11.3 Å². The number of likely N-dealkylation sites (N-methyl/N-ethyl adjacent to an activating group) is 1. The van der Waals surface area contributed by atoms with Gasteiger partial charge in [-0.3, -0.25) is 9.69 Å². The predicted octanol–water partition coefficient (Wildman–Crippen LogP) is 2.74. The van der Waals surface area contributed by atoms with Gasteiger partial charge in [0.2, 0.25) is 5.91 Å². The number of amides is 1. The zero-order chi connectivity index (χ0) is 18.0. The molecule has 1 aromatic rings. The van der Waals surface area contributed by atoms with Crippen LogP contribution in [0.3, 0.4) is 0 Å². The second-order valence-electron chi connectivity index (χ2n) is 8.20. The van der Waals surface area contributed by atoms with Crippen molar-refractivity contribution in [1.29, 1.82) is 0 Å². The Labute approximate surface area is 151 Å². The number of rotatable bonds is 5. The molecular weight excluding hydrogens is 314 g/mol. The van der Waals surface area contributed by atoms with Crippen LogP contribution in [0.5, 0.6) is 0 Å². The maximum absolute atomic E-state index is 13.2. The highest BCUT2D eigenvalue weighted by Gasteiger charge is 2.47. The molecule has 140 valence electrons. The molecule has 1 amide bonds. The third kappa shape index (κ3) is 4.09. The van der Waals surface area contributed by atoms with Crippen LogP contribution < -0.4 is 0 Å². The van der Waals surface area contributed by atoms with Gasteiger partial charge in [0, 0.05) is 13.6 Å². The van der Waals surface area contributed by atoms with E-state index in [9.17, 15) is 4.79 Å². The smallest absolute Gasteiger partial charge is 0.240 e. The van der Waals surface area contributed by atoms with E-state index in [1.807, 2.05) is 31.0 Å². The summed E-state index contributed by atoms with van der Waals surface area (Å²) in [4.78, 5) is 19.9. The van der Waals surface area contributed by atoms with Crippen LogP contribution in [0.15, 0.2) is 16.5 Å². The van der Waals surface area contributed by atoms with E-state index < -0.39 is 0 Å². The van der Waals surface area contributed by atoms with Gasteiger partial charge in [0.15, 0.2) is 0 Å². The molecule has 1 spiro atoms. The first-order chi connectivity index (χ1) is 11.9. The van der Waals surface area contributed by atoms with Crippen LogP contribution in [0.25, 0.3) is 0 Å². The summed E-state index contributed by atoms with van der Waals surface area (Å²) in [6.07, 6.45) is 4.55. The average molecular weight is 348 g/mol. The van der Waals surface area contributed by atoms with Gasteiger partial charge >= 0.3 is 0 Å². The summed E-state index contributed by atoms with van der Waals surface area (Å²) < 4.78 is 5.65. The molecule has 5 nitrogen and oxygen atoms in total. The molecule has 5 heteroatoms. The summed E-state index contributed by atoms with van der Waals surface area (Å²) in [7, 11) is 4.11. The normalized spacial score (nSPS) is 24.1. The molecule has 0 aliphatic carbocycles. The molecule has 0 bridgehead atoms. The van der Waals surface area contributed by atoms with Gasteiger partial charge in [0.1, 0.15) is 11.5 Å². The first-order valence-electron chi connectivity index (χ1n) is 9.65. The summed E-state index contributed by atoms with van der Waals surface area (Å²) in [6.45, 7) is 9.11. The van der Waals surface area contributed by atoms with Crippen molar-refractivity contribution in [1.82, 2.24) is 14.7 Å². The number of hydrogen-bond donors (Lipinski definition) is 0. The van der Waals surface area contributed by atoms with Crippen molar-refractivity contribution >= 4 is 5.91 Å². The van der Waals surface area contributed by atoms with Crippen molar-refractivity contribution in [3.8, 4) is 0 Å². The number of piperidine rings is 1. The first kappa shape index (κ1) is 18.5. The van der Waals surface area contributed by atoms with Crippen molar-refractivity contribution in [2.24, 2.45) is 5.41 Å². The lowest BCUT2D eigenvalue weighted by Crippen LogP contribution is -2.44. The number of carbonyl (C=O) groups is 1. The largest absolute Gasteiger partial charge is 0.464 e. The van der Waals surface area contributed by atoms with Gasteiger partial charge in [-0.2, -0.15) is 0 Å². The van der Waals surface area contributed by atoms with Crippen LogP contribution in [0.1, 0.15) is 44.1 Å². The zero-order valence-corrected chi connectivity index (χ0v) is 16.3. The fourth-order valence-electron chi connectivity index (χ4n) is 4.50. The van der Waals surface area contributed by atoms with Crippen LogP contribution in [-0.4, -0.2) is 66.9 Å². The zero-order valence-electron chi connectivity index (χ0n) is 16.3. The van der Waals surface area contributed by atoms with Crippen molar-refractivity contribution in [3.05, 3.63) is 23.7 Å². The van der Waals surface area contributed by atoms with Gasteiger partial charge < -0.3 is 14.2 Å². The molecule has 0 radical (unpaired) electrons. The molecule has 2 saturated heterocycles. The fourth-order valence-corrected chi connectivity index (χ4v) is 4.50. The quantitative estimate of drug-likeness (QED) is 0.821. The Morgan fingerprint density at radius 1 is 1.36 bits per heavy atom. The highest BCUT2D eigenvalue weighted by atomic mass is 16.3. The SMILES string of the molecule is CCCN1CC2(CCN(C)CC2)C[C@@H]1C(=O)N(C)Cc1ccc(C)o1. The lowest BCUT2D eigenvalue weighted by Gasteiger charge is -2.37. The Hall–Kier alpha value is -1.33. The van der Waals surface area contributed by atoms with E-state index >= 15 is 0 Å². The fraction of sp³-hybridized carbons (Fsp3) is 0.750. The van der Waals surface area contributed by atoms with Gasteiger partial charge in [-0.1, -0.05) is 6.92 Å². The minimum absolute atomic E-state index is 0.0319. The van der Waals surface area contributed by atoms with Crippen molar-refractivity contribution in [3.63, 3.8) is 0 Å². The maximum Gasteiger partial charge on any atom is 0.240 e. The molecule has 2 aliphatic rings. The number of furan rings is 1. The van der Waals surface area contributed by atoms with Crippen molar-refractivity contribution in [2.45, 2.75) is 52.1 Å². The molecule has 1 aromatic heterocycles. The van der Waals surface area contributed by atoms with Crippen LogP contribution >= 0.6 is 0 Å². The second kappa shape index (κ2) is 7.50. The molecule has 3 rings (SSSR count). The van der Waals surface area contributed by atoms with Crippen LogP contribution in [0.4, 0.5) is 0 Å². The van der Waals surface area contributed by atoms with E-state index in [4.69, 9.17) is 4.42 Å². The Bertz CT molecular complexity index is 590. The maximum atomic E-state index is 13.2. The Balaban J connectivity index is 1.68. The monoisotopic (exact) mass is 347 g/mol. The van der Waals surface area contributed by atoms with Gasteiger partial charge in [-0.05, 0) is 76.8 Å². The van der Waals surface area contributed by atoms with Crippen molar-refractivity contribution in [2.75, 3.05) is 40.3 Å². The summed E-state index contributed by atoms with van der Waals surface area (Å²) in [5, 5.41) is 0. The summed E-state index contributed by atoms with van der Waals surface area (Å²) in [5.41, 5.74) is 0.337. The van der Waals surface area contributed by atoms with E-state index in [2.05, 4.69) is 23.8 Å². The van der Waals surface area contributed by atoms with E-state index in [0.717, 1.165) is 50.5 Å².